The summed E-state index contributed by atoms with van der Waals surface area (Å²) < 4.78 is 1.96. The van der Waals surface area contributed by atoms with E-state index in [1.807, 2.05) is 11.7 Å². The van der Waals surface area contributed by atoms with E-state index in [-0.39, 0.29) is 5.54 Å². The summed E-state index contributed by atoms with van der Waals surface area (Å²) in [5.41, 5.74) is 9.80. The van der Waals surface area contributed by atoms with Crippen LogP contribution in [0, 0.1) is 0 Å². The standard InChI is InChI=1S/C13H17N3/c1-3-11-10-5-4-9(13(14)6-7-13)8-12(10)16(2)15-11/h4-5,8H,3,6-7,14H2,1-2H3. The van der Waals surface area contributed by atoms with Crippen LogP contribution in [-0.2, 0) is 19.0 Å². The van der Waals surface area contributed by atoms with Gasteiger partial charge in [-0.1, -0.05) is 19.1 Å². The van der Waals surface area contributed by atoms with Crippen molar-refractivity contribution in [3.05, 3.63) is 29.5 Å². The van der Waals surface area contributed by atoms with Crippen molar-refractivity contribution in [1.29, 1.82) is 0 Å². The second-order valence-corrected chi connectivity index (χ2v) is 4.81. The van der Waals surface area contributed by atoms with Crippen molar-refractivity contribution in [2.24, 2.45) is 12.8 Å². The summed E-state index contributed by atoms with van der Waals surface area (Å²) in [6.07, 6.45) is 3.19. The summed E-state index contributed by atoms with van der Waals surface area (Å²) in [5.74, 6) is 0. The van der Waals surface area contributed by atoms with E-state index in [0.29, 0.717) is 0 Å². The first-order valence-electron chi connectivity index (χ1n) is 5.89. The Bertz CT molecular complexity index is 550. The van der Waals surface area contributed by atoms with Gasteiger partial charge in [-0.25, -0.2) is 0 Å². The molecule has 1 aromatic heterocycles. The minimum Gasteiger partial charge on any atom is -0.321 e. The van der Waals surface area contributed by atoms with E-state index in [1.165, 1.54) is 22.2 Å². The summed E-state index contributed by atoms with van der Waals surface area (Å²) in [6.45, 7) is 2.14. The molecule has 0 saturated heterocycles. The van der Waals surface area contributed by atoms with Gasteiger partial charge in [0.15, 0.2) is 0 Å². The van der Waals surface area contributed by atoms with Gasteiger partial charge in [0.25, 0.3) is 0 Å². The van der Waals surface area contributed by atoms with Crippen LogP contribution in [0.5, 0.6) is 0 Å². The van der Waals surface area contributed by atoms with Crippen molar-refractivity contribution in [2.45, 2.75) is 31.7 Å². The minimum absolute atomic E-state index is 0.0508. The van der Waals surface area contributed by atoms with Gasteiger partial charge in [0, 0.05) is 18.0 Å². The SMILES string of the molecule is CCc1nn(C)c2cc(C3(N)CC3)ccc12. The van der Waals surface area contributed by atoms with Crippen molar-refractivity contribution in [1.82, 2.24) is 9.78 Å². The maximum Gasteiger partial charge on any atom is 0.0700 e. The van der Waals surface area contributed by atoms with Gasteiger partial charge in [-0.15, -0.1) is 0 Å². The molecular weight excluding hydrogens is 198 g/mol. The van der Waals surface area contributed by atoms with Gasteiger partial charge in [-0.2, -0.15) is 5.10 Å². The largest absolute Gasteiger partial charge is 0.321 e. The molecule has 0 radical (unpaired) electrons. The Kier molecular flexibility index (Phi) is 1.89. The molecule has 0 atom stereocenters. The Balaban J connectivity index is 2.21. The lowest BCUT2D eigenvalue weighted by Crippen LogP contribution is -2.18. The first kappa shape index (κ1) is 9.85. The van der Waals surface area contributed by atoms with Crippen molar-refractivity contribution in [3.8, 4) is 0 Å². The highest BCUT2D eigenvalue weighted by atomic mass is 15.3. The summed E-state index contributed by atoms with van der Waals surface area (Å²) >= 11 is 0. The fourth-order valence-electron chi connectivity index (χ4n) is 2.33. The molecule has 16 heavy (non-hydrogen) atoms. The Morgan fingerprint density at radius 3 is 2.81 bits per heavy atom. The molecule has 3 rings (SSSR count). The van der Waals surface area contributed by atoms with Crippen LogP contribution in [0.2, 0.25) is 0 Å². The quantitative estimate of drug-likeness (QED) is 0.833. The average molecular weight is 215 g/mol. The highest BCUT2D eigenvalue weighted by Gasteiger charge is 2.40. The molecule has 1 aromatic carbocycles. The Hall–Kier alpha value is -1.35. The van der Waals surface area contributed by atoms with Crippen LogP contribution >= 0.6 is 0 Å². The van der Waals surface area contributed by atoms with Crippen LogP contribution < -0.4 is 5.73 Å². The highest BCUT2D eigenvalue weighted by Crippen LogP contribution is 2.43. The van der Waals surface area contributed by atoms with Crippen molar-refractivity contribution in [3.63, 3.8) is 0 Å². The summed E-state index contributed by atoms with van der Waals surface area (Å²) in [6, 6.07) is 6.54. The average Bonchev–Trinajstić information content (AvgIpc) is 2.96. The van der Waals surface area contributed by atoms with Gasteiger partial charge >= 0.3 is 0 Å². The molecule has 0 amide bonds. The molecule has 2 N–H and O–H groups in total. The van der Waals surface area contributed by atoms with Gasteiger partial charge < -0.3 is 5.73 Å². The number of nitrogens with two attached hydrogens (primary N) is 1. The third-order valence-electron chi connectivity index (χ3n) is 3.63. The van der Waals surface area contributed by atoms with Crippen LogP contribution in [0.4, 0.5) is 0 Å². The number of rotatable bonds is 2. The normalized spacial score (nSPS) is 17.9. The van der Waals surface area contributed by atoms with Crippen LogP contribution in [0.1, 0.15) is 31.0 Å². The molecule has 1 fully saturated rings. The number of aromatic nitrogens is 2. The molecule has 1 saturated carbocycles. The Morgan fingerprint density at radius 2 is 2.19 bits per heavy atom. The van der Waals surface area contributed by atoms with Gasteiger partial charge in [0.2, 0.25) is 0 Å². The lowest BCUT2D eigenvalue weighted by atomic mass is 10.0. The zero-order valence-electron chi connectivity index (χ0n) is 9.83. The van der Waals surface area contributed by atoms with Crippen molar-refractivity contribution >= 4 is 10.9 Å². The van der Waals surface area contributed by atoms with E-state index in [4.69, 9.17) is 5.73 Å². The Labute approximate surface area is 95.2 Å². The van der Waals surface area contributed by atoms with E-state index in [2.05, 4.69) is 30.2 Å². The zero-order valence-corrected chi connectivity index (χ0v) is 9.83. The molecule has 3 nitrogen and oxygen atoms in total. The summed E-state index contributed by atoms with van der Waals surface area (Å²) in [4.78, 5) is 0. The number of hydrogen-bond acceptors (Lipinski definition) is 2. The van der Waals surface area contributed by atoms with E-state index in [9.17, 15) is 0 Å². The lowest BCUT2D eigenvalue weighted by molar-refractivity contribution is 0.737. The number of aryl methyl sites for hydroxylation is 2. The number of fused-ring (bicyclic) bond motifs is 1. The molecule has 2 aromatic rings. The number of hydrogen-bond donors (Lipinski definition) is 1. The third kappa shape index (κ3) is 1.28. The van der Waals surface area contributed by atoms with Gasteiger partial charge in [0.1, 0.15) is 0 Å². The van der Waals surface area contributed by atoms with E-state index in [0.717, 1.165) is 19.3 Å². The molecular formula is C13H17N3. The molecule has 1 aliphatic carbocycles. The van der Waals surface area contributed by atoms with E-state index in [1.54, 1.807) is 0 Å². The molecule has 3 heteroatoms. The first-order chi connectivity index (χ1) is 7.64. The van der Waals surface area contributed by atoms with Crippen LogP contribution in [0.15, 0.2) is 18.2 Å². The fraction of sp³-hybridized carbons (Fsp3) is 0.462. The van der Waals surface area contributed by atoms with Gasteiger partial charge in [0.05, 0.1) is 11.2 Å². The maximum absolute atomic E-state index is 6.22. The number of benzene rings is 1. The van der Waals surface area contributed by atoms with E-state index >= 15 is 0 Å². The molecule has 1 aliphatic rings. The monoisotopic (exact) mass is 215 g/mol. The van der Waals surface area contributed by atoms with Crippen LogP contribution in [-0.4, -0.2) is 9.78 Å². The van der Waals surface area contributed by atoms with Crippen molar-refractivity contribution in [2.75, 3.05) is 0 Å². The Morgan fingerprint density at radius 1 is 1.44 bits per heavy atom. The van der Waals surface area contributed by atoms with Crippen molar-refractivity contribution < 1.29 is 0 Å². The predicted molar refractivity (Wildman–Crippen MR) is 65.2 cm³/mol. The number of nitrogens with zero attached hydrogens (tertiary/aromatic N) is 2. The molecule has 1 heterocycles. The molecule has 84 valence electrons. The van der Waals surface area contributed by atoms with Gasteiger partial charge in [-0.05, 0) is 30.9 Å². The molecule has 0 bridgehead atoms. The topological polar surface area (TPSA) is 43.8 Å². The molecule has 0 spiro atoms. The van der Waals surface area contributed by atoms with E-state index < -0.39 is 0 Å². The predicted octanol–water partition coefficient (Wildman–Crippen LogP) is 2.08. The third-order valence-corrected chi connectivity index (χ3v) is 3.63. The highest BCUT2D eigenvalue weighted by molar-refractivity contribution is 5.83. The molecule has 0 aliphatic heterocycles. The maximum atomic E-state index is 6.22. The lowest BCUT2D eigenvalue weighted by Gasteiger charge is -2.09. The second kappa shape index (κ2) is 3.08. The van der Waals surface area contributed by atoms with Crippen LogP contribution in [0.25, 0.3) is 10.9 Å². The summed E-state index contributed by atoms with van der Waals surface area (Å²) in [7, 11) is 2.00. The second-order valence-electron chi connectivity index (χ2n) is 4.81. The first-order valence-corrected chi connectivity index (χ1v) is 5.89. The fourth-order valence-corrected chi connectivity index (χ4v) is 2.33. The zero-order chi connectivity index (χ0) is 11.3. The summed E-state index contributed by atoms with van der Waals surface area (Å²) in [5, 5.41) is 5.79. The minimum atomic E-state index is -0.0508. The van der Waals surface area contributed by atoms with Gasteiger partial charge in [-0.3, -0.25) is 4.68 Å². The van der Waals surface area contributed by atoms with Crippen LogP contribution in [0.3, 0.4) is 0 Å². The molecule has 0 unspecified atom stereocenters. The smallest absolute Gasteiger partial charge is 0.0700 e.